The second-order valence-corrected chi connectivity index (χ2v) is 7.90. The largest absolute Gasteiger partial charge is 0.429 e. The molecule has 1 atom stereocenters. The van der Waals surface area contributed by atoms with E-state index in [4.69, 9.17) is 16.3 Å². The molecule has 0 spiro atoms. The third-order valence-electron chi connectivity index (χ3n) is 5.89. The molecule has 4 rings (SSSR count). The summed E-state index contributed by atoms with van der Waals surface area (Å²) in [5, 5.41) is 11.9. The number of hydrogen-bond acceptors (Lipinski definition) is 3. The van der Waals surface area contributed by atoms with Crippen LogP contribution in [0.1, 0.15) is 31.2 Å². The summed E-state index contributed by atoms with van der Waals surface area (Å²) >= 11 is 6.10. The molecule has 1 saturated heterocycles. The van der Waals surface area contributed by atoms with Crippen molar-refractivity contribution in [2.24, 2.45) is 0 Å². The maximum absolute atomic E-state index is 11.5. The first-order valence-electron chi connectivity index (χ1n) is 9.04. The topological polar surface area (TPSA) is 61.2 Å². The number of nitrogens with one attached hydrogen (secondary N) is 2. The van der Waals surface area contributed by atoms with Gasteiger partial charge in [0.25, 0.3) is 5.72 Å². The Labute approximate surface area is 152 Å². The molecule has 134 valence electrons. The predicted molar refractivity (Wildman–Crippen MR) is 95.2 cm³/mol. The number of halogens is 1. The number of nitro groups is 1. The van der Waals surface area contributed by atoms with E-state index in [2.05, 4.69) is 13.1 Å². The highest BCUT2D eigenvalue weighted by atomic mass is 35.5. The van der Waals surface area contributed by atoms with Gasteiger partial charge in [0.15, 0.2) is 0 Å². The molecule has 7 heteroatoms. The molecule has 0 bridgehead atoms. The molecule has 1 aromatic rings. The van der Waals surface area contributed by atoms with Crippen LogP contribution in [0, 0.1) is 10.1 Å². The molecular weight excluding hydrogens is 342 g/mol. The smallest absolute Gasteiger partial charge is 0.313 e. The van der Waals surface area contributed by atoms with E-state index in [0.717, 1.165) is 57.4 Å². The van der Waals surface area contributed by atoms with Gasteiger partial charge in [0.1, 0.15) is 26.2 Å². The van der Waals surface area contributed by atoms with E-state index in [1.54, 1.807) is 6.07 Å². The van der Waals surface area contributed by atoms with Crippen molar-refractivity contribution in [2.75, 3.05) is 33.2 Å². The normalized spacial score (nSPS) is 31.4. The summed E-state index contributed by atoms with van der Waals surface area (Å²) in [5.74, 6) is 0.388. The second kappa shape index (κ2) is 6.27. The van der Waals surface area contributed by atoms with Crippen molar-refractivity contribution in [3.8, 4) is 5.75 Å². The summed E-state index contributed by atoms with van der Waals surface area (Å²) in [5.41, 5.74) is 1.55. The van der Waals surface area contributed by atoms with Gasteiger partial charge in [-0.3, -0.25) is 15.0 Å². The van der Waals surface area contributed by atoms with Crippen LogP contribution in [0.4, 0.5) is 5.69 Å². The summed E-state index contributed by atoms with van der Waals surface area (Å²) in [6, 6.07) is 3.18. The molecule has 2 fully saturated rings. The molecule has 1 aromatic carbocycles. The standard InChI is InChI=1S/C18H22ClN3O3/c1-20-6-8-21(9-7-20)18-5-3-2-4-14(18)10-13-11-15(19)12-16(22(23)24)17(13)25-18/h10-12H,2-9H2,1H3/p+2/t18-/m1/s1. The number of rotatable bonds is 2. The average molecular weight is 366 g/mol. The molecule has 1 aliphatic carbocycles. The molecule has 1 saturated carbocycles. The van der Waals surface area contributed by atoms with Crippen LogP contribution in [-0.2, 0) is 0 Å². The molecule has 25 heavy (non-hydrogen) atoms. The van der Waals surface area contributed by atoms with Crippen LogP contribution in [0.15, 0.2) is 17.7 Å². The van der Waals surface area contributed by atoms with Crippen LogP contribution in [0.5, 0.6) is 5.75 Å². The summed E-state index contributed by atoms with van der Waals surface area (Å²) in [6.07, 6.45) is 6.26. The number of likely N-dealkylation sites (N-methyl/N-ethyl adjacent to an activating group) is 1. The highest BCUT2D eigenvalue weighted by molar-refractivity contribution is 6.31. The van der Waals surface area contributed by atoms with Gasteiger partial charge in [0.05, 0.1) is 12.0 Å². The summed E-state index contributed by atoms with van der Waals surface area (Å²) in [4.78, 5) is 14.1. The summed E-state index contributed by atoms with van der Waals surface area (Å²) < 4.78 is 6.53. The Morgan fingerprint density at radius 1 is 1.24 bits per heavy atom. The Balaban J connectivity index is 1.80. The molecule has 0 radical (unpaired) electrons. The van der Waals surface area contributed by atoms with Crippen LogP contribution < -0.4 is 14.5 Å². The van der Waals surface area contributed by atoms with Crippen molar-refractivity contribution in [1.82, 2.24) is 0 Å². The number of ether oxygens (including phenoxy) is 1. The number of nitrogens with zero attached hydrogens (tertiary/aromatic N) is 1. The highest BCUT2D eigenvalue weighted by Gasteiger charge is 2.52. The lowest BCUT2D eigenvalue weighted by atomic mass is 9.81. The summed E-state index contributed by atoms with van der Waals surface area (Å²) in [7, 11) is 2.22. The Morgan fingerprint density at radius 2 is 2.00 bits per heavy atom. The van der Waals surface area contributed by atoms with Crippen molar-refractivity contribution in [3.63, 3.8) is 0 Å². The minimum absolute atomic E-state index is 0.0260. The molecule has 6 nitrogen and oxygen atoms in total. The van der Waals surface area contributed by atoms with Crippen molar-refractivity contribution < 1.29 is 19.5 Å². The van der Waals surface area contributed by atoms with Crippen LogP contribution in [0.25, 0.3) is 6.08 Å². The Morgan fingerprint density at radius 3 is 2.72 bits per heavy atom. The van der Waals surface area contributed by atoms with E-state index in [0.29, 0.717) is 10.8 Å². The lowest BCUT2D eigenvalue weighted by molar-refractivity contribution is -1.04. The van der Waals surface area contributed by atoms with Gasteiger partial charge >= 0.3 is 5.69 Å². The molecule has 2 N–H and O–H groups in total. The number of benzene rings is 1. The predicted octanol–water partition coefficient (Wildman–Crippen LogP) is 0.708. The maximum atomic E-state index is 11.5. The Kier molecular flexibility index (Phi) is 4.22. The van der Waals surface area contributed by atoms with Gasteiger partial charge in [0, 0.05) is 28.6 Å². The molecule has 0 aromatic heterocycles. The molecular formula is C18H24ClN3O3+2. The van der Waals surface area contributed by atoms with E-state index >= 15 is 0 Å². The van der Waals surface area contributed by atoms with Crippen LogP contribution in [0.2, 0.25) is 5.02 Å². The van der Waals surface area contributed by atoms with Gasteiger partial charge in [-0.2, -0.15) is 0 Å². The quantitative estimate of drug-likeness (QED) is 0.599. The third kappa shape index (κ3) is 2.82. The lowest BCUT2D eigenvalue weighted by Gasteiger charge is -2.47. The lowest BCUT2D eigenvalue weighted by Crippen LogP contribution is -3.31. The van der Waals surface area contributed by atoms with E-state index in [9.17, 15) is 10.1 Å². The van der Waals surface area contributed by atoms with Crippen molar-refractivity contribution in [2.45, 2.75) is 31.4 Å². The van der Waals surface area contributed by atoms with E-state index in [-0.39, 0.29) is 10.6 Å². The minimum atomic E-state index is -0.440. The Hall–Kier alpha value is -1.63. The first-order chi connectivity index (χ1) is 12.0. The zero-order valence-electron chi connectivity index (χ0n) is 14.4. The first kappa shape index (κ1) is 16.8. The number of quaternary nitrogens is 2. The Bertz CT molecular complexity index is 743. The maximum Gasteiger partial charge on any atom is 0.313 e. The van der Waals surface area contributed by atoms with Gasteiger partial charge in [-0.05, 0) is 31.4 Å². The highest BCUT2D eigenvalue weighted by Crippen LogP contribution is 2.45. The van der Waals surface area contributed by atoms with Gasteiger partial charge in [-0.1, -0.05) is 11.6 Å². The van der Waals surface area contributed by atoms with Gasteiger partial charge in [-0.15, -0.1) is 0 Å². The van der Waals surface area contributed by atoms with Crippen molar-refractivity contribution in [1.29, 1.82) is 0 Å². The fourth-order valence-electron chi connectivity index (χ4n) is 4.53. The van der Waals surface area contributed by atoms with Crippen molar-refractivity contribution >= 4 is 23.4 Å². The van der Waals surface area contributed by atoms with Gasteiger partial charge < -0.3 is 9.64 Å². The molecule has 2 heterocycles. The van der Waals surface area contributed by atoms with Crippen LogP contribution in [-0.4, -0.2) is 43.9 Å². The van der Waals surface area contributed by atoms with Crippen LogP contribution >= 0.6 is 11.6 Å². The molecule has 3 aliphatic rings. The molecule has 0 unspecified atom stereocenters. The fourth-order valence-corrected chi connectivity index (χ4v) is 4.75. The van der Waals surface area contributed by atoms with Crippen molar-refractivity contribution in [3.05, 3.63) is 38.4 Å². The minimum Gasteiger partial charge on any atom is -0.429 e. The zero-order chi connectivity index (χ0) is 17.6. The fraction of sp³-hybridized carbons (Fsp3) is 0.556. The van der Waals surface area contributed by atoms with E-state index in [1.807, 2.05) is 0 Å². The molecule has 0 amide bonds. The van der Waals surface area contributed by atoms with Gasteiger partial charge in [0.2, 0.25) is 5.75 Å². The third-order valence-corrected chi connectivity index (χ3v) is 6.11. The van der Waals surface area contributed by atoms with Gasteiger partial charge in [-0.25, -0.2) is 0 Å². The van der Waals surface area contributed by atoms with E-state index in [1.165, 1.54) is 21.4 Å². The monoisotopic (exact) mass is 365 g/mol. The molecule has 2 aliphatic heterocycles. The SMILES string of the molecule is C[NH+]1CC[NH+]([C@@]23CCCCC2=Cc2cc(Cl)cc([N+](=O)[O-])c2O3)CC1. The second-order valence-electron chi connectivity index (χ2n) is 7.47. The first-order valence-corrected chi connectivity index (χ1v) is 9.42. The number of piperazine rings is 1. The number of hydrogen-bond donors (Lipinski definition) is 2. The average Bonchev–Trinajstić information content (AvgIpc) is 2.59. The number of nitro benzene ring substituents is 1. The van der Waals surface area contributed by atoms with E-state index < -0.39 is 5.72 Å². The van der Waals surface area contributed by atoms with Crippen LogP contribution in [0.3, 0.4) is 0 Å². The number of fused-ring (bicyclic) bond motifs is 2. The summed E-state index contributed by atoms with van der Waals surface area (Å²) in [6.45, 7) is 4.26. The zero-order valence-corrected chi connectivity index (χ0v) is 15.2.